The molecule has 0 aliphatic heterocycles. The summed E-state index contributed by atoms with van der Waals surface area (Å²) in [6.45, 7) is 1.08. The molecule has 1 saturated carbocycles. The normalized spacial score (nSPS) is 23.3. The van der Waals surface area contributed by atoms with Crippen LogP contribution in [0, 0.1) is 0 Å². The Labute approximate surface area is 119 Å². The summed E-state index contributed by atoms with van der Waals surface area (Å²) < 4.78 is 28.7. The van der Waals surface area contributed by atoms with Gasteiger partial charge in [-0.25, -0.2) is 0 Å². The average Bonchev–Trinajstić information content (AvgIpc) is 2.38. The molecular formula is C14H19NO4S. The van der Waals surface area contributed by atoms with Crippen molar-refractivity contribution >= 4 is 16.1 Å². The van der Waals surface area contributed by atoms with Gasteiger partial charge in [-0.3, -0.25) is 4.79 Å². The maximum atomic E-state index is 12.1. The number of hydrogen-bond acceptors (Lipinski definition) is 5. The van der Waals surface area contributed by atoms with Crippen LogP contribution in [0.1, 0.15) is 44.1 Å². The molecule has 0 spiro atoms. The first kappa shape index (κ1) is 15.0. The maximum Gasteiger partial charge on any atom is 0.341 e. The van der Waals surface area contributed by atoms with E-state index in [1.807, 2.05) is 0 Å². The topological polar surface area (TPSA) is 86.5 Å². The summed E-state index contributed by atoms with van der Waals surface area (Å²) >= 11 is 0. The molecule has 0 radical (unpaired) electrons. The molecule has 0 amide bonds. The van der Waals surface area contributed by atoms with E-state index in [0.717, 1.165) is 38.2 Å². The van der Waals surface area contributed by atoms with Crippen molar-refractivity contribution in [3.05, 3.63) is 29.8 Å². The lowest BCUT2D eigenvalue weighted by Crippen LogP contribution is -2.26. The summed E-state index contributed by atoms with van der Waals surface area (Å²) in [6, 6.07) is 6.91. The van der Waals surface area contributed by atoms with Crippen LogP contribution in [-0.4, -0.2) is 20.4 Å². The first-order valence-electron chi connectivity index (χ1n) is 6.69. The maximum absolute atomic E-state index is 12.1. The van der Waals surface area contributed by atoms with Gasteiger partial charge in [0.1, 0.15) is 4.90 Å². The van der Waals surface area contributed by atoms with Crippen LogP contribution < -0.4 is 5.73 Å². The number of rotatable bonds is 3. The van der Waals surface area contributed by atoms with Gasteiger partial charge in [0.2, 0.25) is 0 Å². The quantitative estimate of drug-likeness (QED) is 0.861. The van der Waals surface area contributed by atoms with Crippen molar-refractivity contribution in [3.63, 3.8) is 0 Å². The summed E-state index contributed by atoms with van der Waals surface area (Å²) in [5.74, 6) is -0.679. The van der Waals surface area contributed by atoms with E-state index in [2.05, 4.69) is 4.18 Å². The molecule has 0 heterocycles. The number of hydrogen-bond donors (Lipinski definition) is 1. The number of nitrogens with two attached hydrogens (primary N) is 1. The molecule has 2 N–H and O–H groups in total. The van der Waals surface area contributed by atoms with Gasteiger partial charge in [-0.15, -0.1) is 0 Å². The van der Waals surface area contributed by atoms with Crippen LogP contribution in [0.2, 0.25) is 0 Å². The molecule has 1 aliphatic rings. The van der Waals surface area contributed by atoms with E-state index in [4.69, 9.17) is 5.73 Å². The lowest BCUT2D eigenvalue weighted by atomic mass is 9.82. The van der Waals surface area contributed by atoms with Crippen molar-refractivity contribution in [1.82, 2.24) is 0 Å². The highest BCUT2D eigenvalue weighted by Gasteiger charge is 2.28. The van der Waals surface area contributed by atoms with Crippen molar-refractivity contribution in [2.45, 2.75) is 49.5 Å². The Hall–Kier alpha value is -1.40. The van der Waals surface area contributed by atoms with Crippen molar-refractivity contribution in [1.29, 1.82) is 0 Å². The van der Waals surface area contributed by atoms with E-state index in [9.17, 15) is 13.2 Å². The third-order valence-corrected chi connectivity index (χ3v) is 4.99. The lowest BCUT2D eigenvalue weighted by molar-refractivity contribution is -0.131. The summed E-state index contributed by atoms with van der Waals surface area (Å²) in [4.78, 5) is 11.0. The fourth-order valence-electron chi connectivity index (χ4n) is 2.68. The molecule has 20 heavy (non-hydrogen) atoms. The second-order valence-electron chi connectivity index (χ2n) is 5.18. The van der Waals surface area contributed by atoms with E-state index in [-0.39, 0.29) is 16.9 Å². The predicted molar refractivity (Wildman–Crippen MR) is 74.6 cm³/mol. The highest BCUT2D eigenvalue weighted by Crippen LogP contribution is 2.35. The van der Waals surface area contributed by atoms with Crippen LogP contribution in [0.25, 0.3) is 0 Å². The zero-order valence-corrected chi connectivity index (χ0v) is 12.2. The minimum Gasteiger partial charge on any atom is -0.343 e. The Morgan fingerprint density at radius 2 is 1.80 bits per heavy atom. The molecule has 1 aromatic rings. The van der Waals surface area contributed by atoms with Crippen LogP contribution in [-0.2, 0) is 19.1 Å². The predicted octanol–water partition coefficient (Wildman–Crippen LogP) is 1.92. The van der Waals surface area contributed by atoms with Gasteiger partial charge >= 0.3 is 16.1 Å². The van der Waals surface area contributed by atoms with Gasteiger partial charge < -0.3 is 9.92 Å². The van der Waals surface area contributed by atoms with Crippen molar-refractivity contribution in [2.75, 3.05) is 0 Å². The molecule has 0 saturated heterocycles. The fourth-order valence-corrected chi connectivity index (χ4v) is 3.84. The standard InChI is InChI=1S/C14H19NO4S/c1-10(16)19-20(17,18)14-5-3-2-4-13(14)11-6-8-12(15)9-7-11/h2-5,11-12H,6-9,15H2,1H3. The Kier molecular flexibility index (Phi) is 4.45. The van der Waals surface area contributed by atoms with E-state index < -0.39 is 16.1 Å². The van der Waals surface area contributed by atoms with Gasteiger partial charge in [0.25, 0.3) is 0 Å². The zero-order chi connectivity index (χ0) is 14.8. The van der Waals surface area contributed by atoms with Crippen molar-refractivity contribution in [2.24, 2.45) is 5.73 Å². The summed E-state index contributed by atoms with van der Waals surface area (Å²) in [5, 5.41) is 0. The third-order valence-electron chi connectivity index (χ3n) is 3.63. The first-order chi connectivity index (χ1) is 9.40. The molecule has 0 unspecified atom stereocenters. The van der Waals surface area contributed by atoms with Gasteiger partial charge in [-0.2, -0.15) is 8.42 Å². The van der Waals surface area contributed by atoms with Crippen LogP contribution in [0.3, 0.4) is 0 Å². The molecular weight excluding hydrogens is 278 g/mol. The van der Waals surface area contributed by atoms with Crippen LogP contribution in [0.5, 0.6) is 0 Å². The number of carbonyl (C=O) groups is 1. The smallest absolute Gasteiger partial charge is 0.341 e. The summed E-state index contributed by atoms with van der Waals surface area (Å²) in [6.07, 6.45) is 3.47. The second-order valence-corrected chi connectivity index (χ2v) is 6.69. The fraction of sp³-hybridized carbons (Fsp3) is 0.500. The summed E-state index contributed by atoms with van der Waals surface area (Å²) in [7, 11) is -4.03. The van der Waals surface area contributed by atoms with Gasteiger partial charge in [0, 0.05) is 13.0 Å². The SMILES string of the molecule is CC(=O)OS(=O)(=O)c1ccccc1C1CCC(N)CC1. The van der Waals surface area contributed by atoms with E-state index in [0.29, 0.717) is 0 Å². The van der Waals surface area contributed by atoms with Crippen LogP contribution in [0.4, 0.5) is 0 Å². The molecule has 1 aliphatic carbocycles. The van der Waals surface area contributed by atoms with Crippen molar-refractivity contribution in [3.8, 4) is 0 Å². The summed E-state index contributed by atoms with van der Waals surface area (Å²) in [5.41, 5.74) is 6.60. The van der Waals surface area contributed by atoms with Gasteiger partial charge in [-0.05, 0) is 43.2 Å². The molecule has 0 atom stereocenters. The molecule has 2 rings (SSSR count). The van der Waals surface area contributed by atoms with Gasteiger partial charge in [0.15, 0.2) is 0 Å². The molecule has 0 aromatic heterocycles. The Balaban J connectivity index is 2.33. The molecule has 5 nitrogen and oxygen atoms in total. The molecule has 1 aromatic carbocycles. The lowest BCUT2D eigenvalue weighted by Gasteiger charge is -2.27. The van der Waals surface area contributed by atoms with E-state index in [1.54, 1.807) is 18.2 Å². The number of carbonyl (C=O) groups excluding carboxylic acids is 1. The minimum atomic E-state index is -4.03. The Bertz CT molecular complexity index is 589. The molecule has 110 valence electrons. The zero-order valence-electron chi connectivity index (χ0n) is 11.4. The minimum absolute atomic E-state index is 0.0932. The molecule has 0 bridgehead atoms. The highest BCUT2D eigenvalue weighted by atomic mass is 32.2. The Morgan fingerprint density at radius 1 is 1.20 bits per heavy atom. The second kappa shape index (κ2) is 5.93. The largest absolute Gasteiger partial charge is 0.343 e. The third kappa shape index (κ3) is 3.37. The number of benzene rings is 1. The monoisotopic (exact) mass is 297 g/mol. The Morgan fingerprint density at radius 3 is 2.40 bits per heavy atom. The van der Waals surface area contributed by atoms with E-state index >= 15 is 0 Å². The van der Waals surface area contributed by atoms with E-state index in [1.165, 1.54) is 6.07 Å². The molecule has 1 fully saturated rings. The average molecular weight is 297 g/mol. The van der Waals surface area contributed by atoms with Crippen LogP contribution >= 0.6 is 0 Å². The first-order valence-corrected chi connectivity index (χ1v) is 8.10. The highest BCUT2D eigenvalue weighted by molar-refractivity contribution is 7.87. The van der Waals surface area contributed by atoms with Crippen molar-refractivity contribution < 1.29 is 17.4 Å². The van der Waals surface area contributed by atoms with Gasteiger partial charge in [0.05, 0.1) is 0 Å². The van der Waals surface area contributed by atoms with Crippen LogP contribution in [0.15, 0.2) is 29.2 Å². The van der Waals surface area contributed by atoms with Gasteiger partial charge in [-0.1, -0.05) is 18.2 Å². The molecule has 6 heteroatoms.